The second-order valence-electron chi connectivity index (χ2n) is 5.92. The van der Waals surface area contributed by atoms with Gasteiger partial charge >= 0.3 is 0 Å². The Balaban J connectivity index is 2.15. The molecule has 0 radical (unpaired) electrons. The summed E-state index contributed by atoms with van der Waals surface area (Å²) >= 11 is 3.35. The minimum absolute atomic E-state index is 0.0701. The van der Waals surface area contributed by atoms with Crippen molar-refractivity contribution in [3.63, 3.8) is 0 Å². The van der Waals surface area contributed by atoms with Gasteiger partial charge in [-0.15, -0.1) is 0 Å². The first-order valence-corrected chi connectivity index (χ1v) is 9.55. The molecule has 2 aromatic rings. The fourth-order valence-electron chi connectivity index (χ4n) is 2.28. The second-order valence-corrected chi connectivity index (χ2v) is 8.55. The van der Waals surface area contributed by atoms with Crippen molar-refractivity contribution in [2.24, 2.45) is 0 Å². The van der Waals surface area contributed by atoms with Crippen LogP contribution in [0, 0.1) is 10.1 Å². The molecule has 0 aromatic heterocycles. The van der Waals surface area contributed by atoms with Crippen LogP contribution in [0.4, 0.5) is 5.69 Å². The zero-order chi connectivity index (χ0) is 18.0. The van der Waals surface area contributed by atoms with E-state index in [0.717, 1.165) is 10.0 Å². The standard InChI is InChI=1S/C16H17BrN2O4S/c1-16(2,13-5-7-14(17)8-6-13)18-24(22,23)11-12-3-9-15(10-4-12)19(20)21/h3-10,18H,11H2,1-2H3. The third kappa shape index (κ3) is 4.86. The highest BCUT2D eigenvalue weighted by Crippen LogP contribution is 2.24. The molecule has 0 heterocycles. The van der Waals surface area contributed by atoms with Gasteiger partial charge in [0.2, 0.25) is 10.0 Å². The summed E-state index contributed by atoms with van der Waals surface area (Å²) in [7, 11) is -3.62. The molecule has 0 aliphatic rings. The molecule has 0 unspecified atom stereocenters. The van der Waals surface area contributed by atoms with E-state index in [9.17, 15) is 18.5 Å². The van der Waals surface area contributed by atoms with Crippen LogP contribution in [0.3, 0.4) is 0 Å². The second kappa shape index (κ2) is 7.00. The maximum absolute atomic E-state index is 12.4. The molecule has 128 valence electrons. The fourth-order valence-corrected chi connectivity index (χ4v) is 4.15. The van der Waals surface area contributed by atoms with Crippen molar-refractivity contribution >= 4 is 31.6 Å². The largest absolute Gasteiger partial charge is 0.269 e. The van der Waals surface area contributed by atoms with Crippen LogP contribution in [0.5, 0.6) is 0 Å². The Bertz CT molecular complexity index is 831. The molecule has 0 saturated heterocycles. The van der Waals surface area contributed by atoms with E-state index in [1.807, 2.05) is 24.3 Å². The molecule has 2 rings (SSSR count). The number of sulfonamides is 1. The van der Waals surface area contributed by atoms with Crippen molar-refractivity contribution < 1.29 is 13.3 Å². The van der Waals surface area contributed by atoms with Crippen molar-refractivity contribution in [1.29, 1.82) is 0 Å². The first kappa shape index (κ1) is 18.6. The summed E-state index contributed by atoms with van der Waals surface area (Å²) in [5.74, 6) is -0.245. The number of benzene rings is 2. The van der Waals surface area contributed by atoms with Crippen molar-refractivity contribution in [2.45, 2.75) is 25.1 Å². The molecule has 0 atom stereocenters. The lowest BCUT2D eigenvalue weighted by Gasteiger charge is -2.26. The third-order valence-electron chi connectivity index (χ3n) is 3.48. The molecule has 6 nitrogen and oxygen atoms in total. The fraction of sp³-hybridized carbons (Fsp3) is 0.250. The van der Waals surface area contributed by atoms with E-state index in [4.69, 9.17) is 0 Å². The average Bonchev–Trinajstić information content (AvgIpc) is 2.46. The maximum atomic E-state index is 12.4. The first-order chi connectivity index (χ1) is 11.1. The van der Waals surface area contributed by atoms with Crippen LogP contribution in [-0.4, -0.2) is 13.3 Å². The Morgan fingerprint density at radius 2 is 1.62 bits per heavy atom. The molecular formula is C16H17BrN2O4S. The van der Waals surface area contributed by atoms with Gasteiger partial charge in [0.15, 0.2) is 0 Å². The van der Waals surface area contributed by atoms with Crippen molar-refractivity contribution in [3.05, 3.63) is 74.2 Å². The van der Waals surface area contributed by atoms with Gasteiger partial charge in [-0.1, -0.05) is 40.2 Å². The first-order valence-electron chi connectivity index (χ1n) is 7.10. The van der Waals surface area contributed by atoms with Crippen LogP contribution in [0.15, 0.2) is 53.0 Å². The van der Waals surface area contributed by atoms with Gasteiger partial charge in [0, 0.05) is 16.6 Å². The van der Waals surface area contributed by atoms with E-state index in [1.165, 1.54) is 24.3 Å². The number of halogens is 1. The number of nitrogens with one attached hydrogen (secondary N) is 1. The van der Waals surface area contributed by atoms with Gasteiger partial charge in [0.1, 0.15) is 0 Å². The van der Waals surface area contributed by atoms with E-state index >= 15 is 0 Å². The zero-order valence-corrected chi connectivity index (χ0v) is 15.6. The SMILES string of the molecule is CC(C)(NS(=O)(=O)Cc1ccc([N+](=O)[O-])cc1)c1ccc(Br)cc1. The van der Waals surface area contributed by atoms with Crippen molar-refractivity contribution in [3.8, 4) is 0 Å². The van der Waals surface area contributed by atoms with E-state index in [-0.39, 0.29) is 11.4 Å². The van der Waals surface area contributed by atoms with Crippen LogP contribution in [-0.2, 0) is 21.3 Å². The average molecular weight is 413 g/mol. The minimum atomic E-state index is -3.62. The molecule has 0 amide bonds. The number of nitro benzene ring substituents is 1. The molecular weight excluding hydrogens is 396 g/mol. The molecule has 24 heavy (non-hydrogen) atoms. The lowest BCUT2D eigenvalue weighted by Crippen LogP contribution is -2.41. The lowest BCUT2D eigenvalue weighted by atomic mass is 9.96. The summed E-state index contributed by atoms with van der Waals surface area (Å²) in [5.41, 5.74) is 0.470. The Morgan fingerprint density at radius 1 is 1.08 bits per heavy atom. The van der Waals surface area contributed by atoms with E-state index in [1.54, 1.807) is 13.8 Å². The number of hydrogen-bond donors (Lipinski definition) is 1. The number of nitrogens with zero attached hydrogens (tertiary/aromatic N) is 1. The van der Waals surface area contributed by atoms with Gasteiger partial charge in [-0.3, -0.25) is 10.1 Å². The predicted octanol–water partition coefficient (Wildman–Crippen LogP) is 3.71. The van der Waals surface area contributed by atoms with E-state index in [2.05, 4.69) is 20.7 Å². The number of rotatable bonds is 6. The topological polar surface area (TPSA) is 89.3 Å². The monoisotopic (exact) mass is 412 g/mol. The van der Waals surface area contributed by atoms with Gasteiger partial charge in [-0.2, -0.15) is 0 Å². The molecule has 1 N–H and O–H groups in total. The van der Waals surface area contributed by atoms with Gasteiger partial charge in [-0.25, -0.2) is 13.1 Å². The van der Waals surface area contributed by atoms with Crippen molar-refractivity contribution in [2.75, 3.05) is 0 Å². The molecule has 0 fully saturated rings. The molecule has 0 spiro atoms. The van der Waals surface area contributed by atoms with Gasteiger partial charge in [-0.05, 0) is 37.1 Å². The van der Waals surface area contributed by atoms with Crippen LogP contribution >= 0.6 is 15.9 Å². The van der Waals surface area contributed by atoms with Crippen LogP contribution in [0.25, 0.3) is 0 Å². The summed E-state index contributed by atoms with van der Waals surface area (Å²) < 4.78 is 28.4. The van der Waals surface area contributed by atoms with E-state index < -0.39 is 20.5 Å². The van der Waals surface area contributed by atoms with Gasteiger partial charge in [0.05, 0.1) is 16.2 Å². The molecule has 0 bridgehead atoms. The zero-order valence-electron chi connectivity index (χ0n) is 13.2. The van der Waals surface area contributed by atoms with Gasteiger partial charge < -0.3 is 0 Å². The summed E-state index contributed by atoms with van der Waals surface area (Å²) in [5, 5.41) is 10.6. The molecule has 0 aliphatic carbocycles. The van der Waals surface area contributed by atoms with Crippen LogP contribution < -0.4 is 4.72 Å². The summed E-state index contributed by atoms with van der Waals surface area (Å²) in [6.45, 7) is 3.56. The number of non-ortho nitro benzene ring substituents is 1. The Hall–Kier alpha value is -1.77. The quantitative estimate of drug-likeness (QED) is 0.578. The molecule has 8 heteroatoms. The number of nitro groups is 1. The Kier molecular flexibility index (Phi) is 5.42. The van der Waals surface area contributed by atoms with Crippen molar-refractivity contribution in [1.82, 2.24) is 4.72 Å². The summed E-state index contributed by atoms with van der Waals surface area (Å²) in [4.78, 5) is 10.1. The Labute approximate surface area is 149 Å². The normalized spacial score (nSPS) is 12.1. The molecule has 0 aliphatic heterocycles. The smallest absolute Gasteiger partial charge is 0.258 e. The van der Waals surface area contributed by atoms with E-state index in [0.29, 0.717) is 5.56 Å². The summed E-state index contributed by atoms with van der Waals surface area (Å²) in [6, 6.07) is 12.9. The van der Waals surface area contributed by atoms with Crippen LogP contribution in [0.1, 0.15) is 25.0 Å². The minimum Gasteiger partial charge on any atom is -0.258 e. The maximum Gasteiger partial charge on any atom is 0.269 e. The van der Waals surface area contributed by atoms with Crippen LogP contribution in [0.2, 0.25) is 0 Å². The highest BCUT2D eigenvalue weighted by Gasteiger charge is 2.27. The predicted molar refractivity (Wildman–Crippen MR) is 96.0 cm³/mol. The Morgan fingerprint density at radius 3 is 2.12 bits per heavy atom. The molecule has 0 saturated carbocycles. The highest BCUT2D eigenvalue weighted by molar-refractivity contribution is 9.10. The summed E-state index contributed by atoms with van der Waals surface area (Å²) in [6.07, 6.45) is 0. The lowest BCUT2D eigenvalue weighted by molar-refractivity contribution is -0.384. The third-order valence-corrected chi connectivity index (χ3v) is 5.54. The van der Waals surface area contributed by atoms with Gasteiger partial charge in [0.25, 0.3) is 5.69 Å². The number of hydrogen-bond acceptors (Lipinski definition) is 4. The highest BCUT2D eigenvalue weighted by atomic mass is 79.9. The molecule has 2 aromatic carbocycles.